The standard InChI is InChI=1S/C25H44N4O3S/c1-17(2)15-22(23(30)29(9)10)25(7,8)24(5,6)16-21(18(3)4)19-11-13-20(14-12-19)33(31,32)28-27-26/h11-14,17-18,21-22,26H,15-16H2,1-10H3,(H-,31,32)/p+1. The van der Waals surface area contributed by atoms with Crippen LogP contribution in [0.2, 0.25) is 0 Å². The Labute approximate surface area is 202 Å². The minimum Gasteiger partial charge on any atom is -0.349 e. The van der Waals surface area contributed by atoms with Crippen LogP contribution in [0.4, 0.5) is 0 Å². The van der Waals surface area contributed by atoms with Gasteiger partial charge in [-0.25, -0.2) is 0 Å². The van der Waals surface area contributed by atoms with Gasteiger partial charge in [-0.2, -0.15) is 0 Å². The second-order valence-electron chi connectivity index (χ2n) is 11.3. The minimum atomic E-state index is -3.44. The first-order chi connectivity index (χ1) is 15.0. The number of hydrogen-bond acceptors (Lipinski definition) is 5. The molecule has 0 aliphatic rings. The van der Waals surface area contributed by atoms with E-state index in [-0.39, 0.29) is 33.5 Å². The zero-order chi connectivity index (χ0) is 25.8. The summed E-state index contributed by atoms with van der Waals surface area (Å²) in [6.45, 7) is 17.7. The molecule has 1 rings (SSSR count). The van der Waals surface area contributed by atoms with Crippen LogP contribution in [0.15, 0.2) is 33.7 Å². The molecule has 2 atom stereocenters. The molecule has 7 nitrogen and oxygen atoms in total. The number of hydrogen-bond donors (Lipinski definition) is 3. The molecule has 0 fully saturated rings. The Morgan fingerprint density at radius 3 is 2.00 bits per heavy atom. The smallest absolute Gasteiger partial charge is 0.268 e. The van der Waals surface area contributed by atoms with Crippen LogP contribution in [0.3, 0.4) is 0 Å². The lowest BCUT2D eigenvalue weighted by Gasteiger charge is -2.49. The van der Waals surface area contributed by atoms with Crippen molar-refractivity contribution in [1.29, 1.82) is 5.53 Å². The van der Waals surface area contributed by atoms with Crippen molar-refractivity contribution in [3.63, 3.8) is 0 Å². The first-order valence-electron chi connectivity index (χ1n) is 11.7. The largest absolute Gasteiger partial charge is 0.349 e. The normalized spacial score (nSPS) is 15.2. The molecule has 3 N–H and O–H groups in total. The number of carbonyl (C=O) groups excluding carboxylic acids is 1. The summed E-state index contributed by atoms with van der Waals surface area (Å²) in [5.74, 6) is 1.10. The van der Waals surface area contributed by atoms with Crippen molar-refractivity contribution in [2.24, 2.45) is 33.1 Å². The Hall–Kier alpha value is -1.73. The highest BCUT2D eigenvalue weighted by molar-refractivity contribution is 8.23. The molecule has 1 aromatic carbocycles. The highest BCUT2D eigenvalue weighted by Crippen LogP contribution is 2.53. The number of amides is 1. The molecule has 0 saturated carbocycles. The molecule has 0 bridgehead atoms. The van der Waals surface area contributed by atoms with Gasteiger partial charge in [-0.3, -0.25) is 13.9 Å². The molecule has 0 aliphatic heterocycles. The van der Waals surface area contributed by atoms with Crippen LogP contribution in [0.25, 0.3) is 0 Å². The van der Waals surface area contributed by atoms with Crippen molar-refractivity contribution in [2.75, 3.05) is 14.1 Å². The molecule has 33 heavy (non-hydrogen) atoms. The maximum atomic E-state index is 13.2. The van der Waals surface area contributed by atoms with Crippen LogP contribution in [-0.4, -0.2) is 34.0 Å². The third kappa shape index (κ3) is 7.12. The van der Waals surface area contributed by atoms with Crippen molar-refractivity contribution < 1.29 is 13.9 Å². The Morgan fingerprint density at radius 2 is 1.61 bits per heavy atom. The van der Waals surface area contributed by atoms with Gasteiger partial charge in [-0.1, -0.05) is 67.5 Å². The molecule has 1 aromatic rings. The molecule has 0 aromatic heterocycles. The molecule has 8 heteroatoms. The Kier molecular flexibility index (Phi) is 9.88. The summed E-state index contributed by atoms with van der Waals surface area (Å²) in [6, 6.07) is 7.13. The van der Waals surface area contributed by atoms with Crippen molar-refractivity contribution in [1.82, 2.24) is 9.81 Å². The van der Waals surface area contributed by atoms with Crippen LogP contribution in [0, 0.1) is 34.1 Å². The van der Waals surface area contributed by atoms with E-state index >= 15 is 0 Å². The zero-order valence-corrected chi connectivity index (χ0v) is 22.9. The van der Waals surface area contributed by atoms with E-state index in [1.165, 1.54) is 0 Å². The van der Waals surface area contributed by atoms with E-state index in [1.54, 1.807) is 17.0 Å². The van der Waals surface area contributed by atoms with Gasteiger partial charge in [0.05, 0.1) is 4.90 Å². The molecule has 0 aliphatic carbocycles. The summed E-state index contributed by atoms with van der Waals surface area (Å²) in [4.78, 5) is 18.0. The zero-order valence-electron chi connectivity index (χ0n) is 22.1. The molecule has 0 radical (unpaired) electrons. The summed E-state index contributed by atoms with van der Waals surface area (Å²) in [5.41, 5.74) is 7.52. The Bertz CT molecular complexity index is 842. The van der Waals surface area contributed by atoms with Crippen LogP contribution in [-0.2, 0) is 4.79 Å². The monoisotopic (exact) mass is 481 g/mol. The fraction of sp³-hybridized carbons (Fsp3) is 0.720. The number of nitrogens with zero attached hydrogens (tertiary/aromatic N) is 3. The van der Waals surface area contributed by atoms with Gasteiger partial charge in [0.2, 0.25) is 10.8 Å². The average Bonchev–Trinajstić information content (AvgIpc) is 2.69. The molecule has 188 valence electrons. The first kappa shape index (κ1) is 29.3. The van der Waals surface area contributed by atoms with E-state index in [1.807, 2.05) is 26.2 Å². The summed E-state index contributed by atoms with van der Waals surface area (Å²) in [5, 5.41) is 0. The van der Waals surface area contributed by atoms with Crippen LogP contribution >= 0.6 is 10.8 Å². The van der Waals surface area contributed by atoms with Crippen molar-refractivity contribution in [3.8, 4) is 0 Å². The Balaban J connectivity index is 3.33. The molecular formula is C25H45N4O3S+. The molecule has 0 saturated heterocycles. The van der Waals surface area contributed by atoms with Gasteiger partial charge in [0.1, 0.15) is 5.53 Å². The SMILES string of the molecule is CC(C)CC(C(=O)N(C)C)C(C)(C)C(C)(C)CC(c1ccc(S(O)(O)N=[N+]=N)cc1)C(C)C. The second-order valence-corrected chi connectivity index (χ2v) is 13.0. The molecule has 0 heterocycles. The summed E-state index contributed by atoms with van der Waals surface area (Å²) in [6.07, 6.45) is 1.73. The average molecular weight is 482 g/mol. The number of benzene rings is 1. The predicted molar refractivity (Wildman–Crippen MR) is 136 cm³/mol. The van der Waals surface area contributed by atoms with Crippen LogP contribution in [0.1, 0.15) is 79.7 Å². The van der Waals surface area contributed by atoms with E-state index < -0.39 is 10.8 Å². The topological polar surface area (TPSA) is 111 Å². The fourth-order valence-electron chi connectivity index (χ4n) is 4.51. The lowest BCUT2D eigenvalue weighted by Crippen LogP contribution is -2.47. The van der Waals surface area contributed by atoms with Gasteiger partial charge >= 0.3 is 0 Å². The second kappa shape index (κ2) is 11.1. The molecule has 1 amide bonds. The molecular weight excluding hydrogens is 436 g/mol. The highest BCUT2D eigenvalue weighted by atomic mass is 32.3. The van der Waals surface area contributed by atoms with Gasteiger partial charge in [0.25, 0.3) is 4.52 Å². The van der Waals surface area contributed by atoms with Gasteiger partial charge < -0.3 is 4.90 Å². The first-order valence-corrected chi connectivity index (χ1v) is 13.2. The molecule has 0 spiro atoms. The van der Waals surface area contributed by atoms with Gasteiger partial charge in [0, 0.05) is 30.8 Å². The summed E-state index contributed by atoms with van der Waals surface area (Å²) in [7, 11) is 0.227. The van der Waals surface area contributed by atoms with Crippen molar-refractivity contribution in [2.45, 2.75) is 79.0 Å². The van der Waals surface area contributed by atoms with Crippen molar-refractivity contribution >= 4 is 16.7 Å². The summed E-state index contributed by atoms with van der Waals surface area (Å²) >= 11 is 0. The third-order valence-corrected chi connectivity index (χ3v) is 8.59. The van der Waals surface area contributed by atoms with E-state index in [0.717, 1.165) is 18.4 Å². The number of nitrogens with one attached hydrogen (secondary N) is 1. The fourth-order valence-corrected chi connectivity index (χ4v) is 5.22. The highest BCUT2D eigenvalue weighted by Gasteiger charge is 2.47. The van der Waals surface area contributed by atoms with Crippen LogP contribution < -0.4 is 4.91 Å². The summed E-state index contributed by atoms with van der Waals surface area (Å²) < 4.78 is 23.4. The van der Waals surface area contributed by atoms with Gasteiger partial charge in [0.15, 0.2) is 0 Å². The number of carbonyl (C=O) groups is 1. The minimum absolute atomic E-state index is 0.0825. The lowest BCUT2D eigenvalue weighted by molar-refractivity contribution is -0.142. The van der Waals surface area contributed by atoms with Crippen LogP contribution in [0.5, 0.6) is 0 Å². The molecule has 2 unspecified atom stereocenters. The Morgan fingerprint density at radius 1 is 1.09 bits per heavy atom. The van der Waals surface area contributed by atoms with E-state index in [9.17, 15) is 13.9 Å². The maximum Gasteiger partial charge on any atom is 0.268 e. The van der Waals surface area contributed by atoms with Gasteiger partial charge in [-0.15, -0.1) is 0 Å². The van der Waals surface area contributed by atoms with E-state index in [4.69, 9.17) is 5.53 Å². The quantitative estimate of drug-likeness (QED) is 0.229. The van der Waals surface area contributed by atoms with Gasteiger partial charge in [-0.05, 0) is 59.1 Å². The predicted octanol–water partition coefficient (Wildman–Crippen LogP) is 7.19. The lowest BCUT2D eigenvalue weighted by atomic mass is 9.55. The van der Waals surface area contributed by atoms with E-state index in [2.05, 4.69) is 64.8 Å². The van der Waals surface area contributed by atoms with Crippen molar-refractivity contribution in [3.05, 3.63) is 29.8 Å². The maximum absolute atomic E-state index is 13.2. The number of rotatable bonds is 11. The van der Waals surface area contributed by atoms with E-state index in [0.29, 0.717) is 11.8 Å². The third-order valence-electron chi connectivity index (χ3n) is 7.38.